The lowest BCUT2D eigenvalue weighted by Crippen LogP contribution is -2.33. The normalized spacial score (nSPS) is 18.2. The maximum absolute atomic E-state index is 10.7. The molecule has 0 radical (unpaired) electrons. The van der Waals surface area contributed by atoms with Crippen molar-refractivity contribution in [2.24, 2.45) is 0 Å². The lowest BCUT2D eigenvalue weighted by molar-refractivity contribution is -0.109. The van der Waals surface area contributed by atoms with Gasteiger partial charge in [-0.1, -0.05) is 19.4 Å². The minimum atomic E-state index is -0.218. The third kappa shape index (κ3) is 1.90. The summed E-state index contributed by atoms with van der Waals surface area (Å²) >= 11 is 0. The highest BCUT2D eigenvalue weighted by Gasteiger charge is 2.21. The van der Waals surface area contributed by atoms with Crippen LogP contribution in [0.3, 0.4) is 0 Å². The Labute approximate surface area is 95.8 Å². The van der Waals surface area contributed by atoms with Gasteiger partial charge in [0.1, 0.15) is 24.7 Å². The Balaban J connectivity index is 2.37. The van der Waals surface area contributed by atoms with Crippen molar-refractivity contribution in [2.75, 3.05) is 11.9 Å². The van der Waals surface area contributed by atoms with E-state index in [1.54, 1.807) is 0 Å². The molecule has 0 amide bonds. The van der Waals surface area contributed by atoms with E-state index in [2.05, 4.69) is 25.2 Å². The van der Waals surface area contributed by atoms with Crippen LogP contribution < -0.4 is 10.1 Å². The molecule has 1 N–H and O–H groups in total. The summed E-state index contributed by atoms with van der Waals surface area (Å²) < 4.78 is 5.70. The lowest BCUT2D eigenvalue weighted by atomic mass is 10.0. The SMILES string of the molecule is CCCc1c(C)ccc2c1OCC(C=O)N2. The Morgan fingerprint density at radius 3 is 3.06 bits per heavy atom. The van der Waals surface area contributed by atoms with Crippen LogP contribution in [0.15, 0.2) is 12.1 Å². The van der Waals surface area contributed by atoms with E-state index < -0.39 is 0 Å². The molecule has 0 saturated heterocycles. The molecule has 1 heterocycles. The minimum absolute atomic E-state index is 0.218. The van der Waals surface area contributed by atoms with Crippen molar-refractivity contribution < 1.29 is 9.53 Å². The van der Waals surface area contributed by atoms with Crippen LogP contribution in [0, 0.1) is 6.92 Å². The topological polar surface area (TPSA) is 38.3 Å². The van der Waals surface area contributed by atoms with Gasteiger partial charge in [0.25, 0.3) is 0 Å². The van der Waals surface area contributed by atoms with Crippen LogP contribution in [-0.4, -0.2) is 18.9 Å². The molecule has 1 aliphatic rings. The number of anilines is 1. The molecule has 0 bridgehead atoms. The van der Waals surface area contributed by atoms with Gasteiger partial charge in [-0.25, -0.2) is 0 Å². The zero-order valence-corrected chi connectivity index (χ0v) is 9.75. The van der Waals surface area contributed by atoms with Crippen molar-refractivity contribution in [3.8, 4) is 5.75 Å². The standard InChI is InChI=1S/C13H17NO2/c1-3-4-11-9(2)5-6-12-13(11)16-8-10(7-15)14-12/h5-7,10,14H,3-4,8H2,1-2H3. The summed E-state index contributed by atoms with van der Waals surface area (Å²) in [6.45, 7) is 4.68. The van der Waals surface area contributed by atoms with E-state index in [1.165, 1.54) is 11.1 Å². The number of fused-ring (bicyclic) bond motifs is 1. The molecular formula is C13H17NO2. The number of ether oxygens (including phenoxy) is 1. The number of rotatable bonds is 3. The molecule has 3 nitrogen and oxygen atoms in total. The lowest BCUT2D eigenvalue weighted by Gasteiger charge is -2.26. The second-order valence-corrected chi connectivity index (χ2v) is 4.19. The first-order valence-corrected chi connectivity index (χ1v) is 5.73. The summed E-state index contributed by atoms with van der Waals surface area (Å²) in [6, 6.07) is 3.84. The Hall–Kier alpha value is -1.51. The van der Waals surface area contributed by atoms with Gasteiger partial charge in [0.05, 0.1) is 5.69 Å². The molecule has 1 aromatic rings. The van der Waals surface area contributed by atoms with Gasteiger partial charge >= 0.3 is 0 Å². The number of nitrogens with one attached hydrogen (secondary N) is 1. The molecule has 1 atom stereocenters. The second kappa shape index (κ2) is 4.56. The summed E-state index contributed by atoms with van der Waals surface area (Å²) in [5.41, 5.74) is 3.46. The van der Waals surface area contributed by atoms with E-state index in [9.17, 15) is 4.79 Å². The molecular weight excluding hydrogens is 202 g/mol. The summed E-state index contributed by atoms with van der Waals surface area (Å²) in [7, 11) is 0. The summed E-state index contributed by atoms with van der Waals surface area (Å²) in [4.78, 5) is 10.7. The number of hydrogen-bond donors (Lipinski definition) is 1. The van der Waals surface area contributed by atoms with Crippen molar-refractivity contribution in [3.05, 3.63) is 23.3 Å². The molecule has 86 valence electrons. The third-order valence-electron chi connectivity index (χ3n) is 2.91. The first kappa shape index (κ1) is 11.0. The van der Waals surface area contributed by atoms with Crippen LogP contribution in [0.5, 0.6) is 5.75 Å². The molecule has 16 heavy (non-hydrogen) atoms. The number of carbonyl (C=O) groups excluding carboxylic acids is 1. The largest absolute Gasteiger partial charge is 0.489 e. The average molecular weight is 219 g/mol. The van der Waals surface area contributed by atoms with Gasteiger partial charge in [0.2, 0.25) is 0 Å². The number of aryl methyl sites for hydroxylation is 1. The van der Waals surface area contributed by atoms with E-state index in [0.29, 0.717) is 6.61 Å². The van der Waals surface area contributed by atoms with Crippen molar-refractivity contribution in [1.82, 2.24) is 0 Å². The molecule has 2 rings (SSSR count). The predicted octanol–water partition coefficient (Wildman–Crippen LogP) is 2.32. The van der Waals surface area contributed by atoms with Crippen LogP contribution in [0.1, 0.15) is 24.5 Å². The molecule has 0 fully saturated rings. The van der Waals surface area contributed by atoms with Gasteiger partial charge in [0.15, 0.2) is 0 Å². The molecule has 0 spiro atoms. The van der Waals surface area contributed by atoms with E-state index in [4.69, 9.17) is 4.74 Å². The smallest absolute Gasteiger partial charge is 0.145 e. The first-order chi connectivity index (χ1) is 7.76. The van der Waals surface area contributed by atoms with Gasteiger partial charge in [-0.2, -0.15) is 0 Å². The molecule has 1 aliphatic heterocycles. The molecule has 1 aromatic carbocycles. The highest BCUT2D eigenvalue weighted by Crippen LogP contribution is 2.35. The third-order valence-corrected chi connectivity index (χ3v) is 2.91. The minimum Gasteiger partial charge on any atom is -0.489 e. The average Bonchev–Trinajstić information content (AvgIpc) is 2.32. The predicted molar refractivity (Wildman–Crippen MR) is 64.1 cm³/mol. The summed E-state index contributed by atoms with van der Waals surface area (Å²) in [5, 5.41) is 3.18. The molecule has 3 heteroatoms. The van der Waals surface area contributed by atoms with Crippen LogP contribution in [0.25, 0.3) is 0 Å². The number of hydrogen-bond acceptors (Lipinski definition) is 3. The molecule has 0 aromatic heterocycles. The zero-order chi connectivity index (χ0) is 11.5. The van der Waals surface area contributed by atoms with Crippen molar-refractivity contribution in [3.63, 3.8) is 0 Å². The Morgan fingerprint density at radius 2 is 2.38 bits per heavy atom. The van der Waals surface area contributed by atoms with Gasteiger partial charge in [-0.05, 0) is 30.5 Å². The van der Waals surface area contributed by atoms with Gasteiger partial charge in [0, 0.05) is 0 Å². The molecule has 0 aliphatic carbocycles. The molecule has 1 unspecified atom stereocenters. The maximum Gasteiger partial charge on any atom is 0.145 e. The van der Waals surface area contributed by atoms with Crippen LogP contribution >= 0.6 is 0 Å². The maximum atomic E-state index is 10.7. The van der Waals surface area contributed by atoms with Crippen LogP contribution in [0.2, 0.25) is 0 Å². The van der Waals surface area contributed by atoms with E-state index >= 15 is 0 Å². The van der Waals surface area contributed by atoms with Crippen molar-refractivity contribution >= 4 is 12.0 Å². The van der Waals surface area contributed by atoms with Gasteiger partial charge < -0.3 is 14.8 Å². The first-order valence-electron chi connectivity index (χ1n) is 5.73. The van der Waals surface area contributed by atoms with Crippen molar-refractivity contribution in [1.29, 1.82) is 0 Å². The van der Waals surface area contributed by atoms with Crippen LogP contribution in [0.4, 0.5) is 5.69 Å². The van der Waals surface area contributed by atoms with Crippen LogP contribution in [-0.2, 0) is 11.2 Å². The zero-order valence-electron chi connectivity index (χ0n) is 9.75. The highest BCUT2D eigenvalue weighted by molar-refractivity contribution is 5.71. The second-order valence-electron chi connectivity index (χ2n) is 4.19. The quantitative estimate of drug-likeness (QED) is 0.793. The Bertz CT molecular complexity index is 401. The summed E-state index contributed by atoms with van der Waals surface area (Å²) in [6.07, 6.45) is 3.00. The summed E-state index contributed by atoms with van der Waals surface area (Å²) in [5.74, 6) is 0.931. The fourth-order valence-electron chi connectivity index (χ4n) is 2.05. The number of benzene rings is 1. The van der Waals surface area contributed by atoms with E-state index in [-0.39, 0.29) is 6.04 Å². The number of aldehydes is 1. The van der Waals surface area contributed by atoms with Crippen molar-refractivity contribution in [2.45, 2.75) is 32.7 Å². The highest BCUT2D eigenvalue weighted by atomic mass is 16.5. The fourth-order valence-corrected chi connectivity index (χ4v) is 2.05. The van der Waals surface area contributed by atoms with Gasteiger partial charge in [-0.3, -0.25) is 0 Å². The Kier molecular flexibility index (Phi) is 3.13. The number of carbonyl (C=O) groups is 1. The fraction of sp³-hybridized carbons (Fsp3) is 0.462. The molecule has 0 saturated carbocycles. The van der Waals surface area contributed by atoms with Gasteiger partial charge in [-0.15, -0.1) is 0 Å². The monoisotopic (exact) mass is 219 g/mol. The van der Waals surface area contributed by atoms with E-state index in [0.717, 1.165) is 30.6 Å². The Morgan fingerprint density at radius 1 is 1.56 bits per heavy atom. The van der Waals surface area contributed by atoms with E-state index in [1.807, 2.05) is 6.07 Å².